The number of methoxy groups -OCH3 is 1. The highest BCUT2D eigenvalue weighted by Crippen LogP contribution is 2.31. The first kappa shape index (κ1) is 22.6. The lowest BCUT2D eigenvalue weighted by Gasteiger charge is -2.27. The Morgan fingerprint density at radius 3 is 2.74 bits per heavy atom. The fraction of sp³-hybridized carbons (Fsp3) is 0.308. The average molecular weight is 472 g/mol. The largest absolute Gasteiger partial charge is 0.496 e. The van der Waals surface area contributed by atoms with Gasteiger partial charge in [0.25, 0.3) is 0 Å². The number of rotatable bonds is 7. The molecule has 8 nitrogen and oxygen atoms in total. The topological polar surface area (TPSA) is 91.9 Å². The highest BCUT2D eigenvalue weighted by atomic mass is 19.1. The molecule has 1 N–H and O–H groups in total. The van der Waals surface area contributed by atoms with E-state index < -0.39 is 5.82 Å². The van der Waals surface area contributed by atoms with Gasteiger partial charge in [0.15, 0.2) is 0 Å². The number of benzene rings is 1. The van der Waals surface area contributed by atoms with Crippen LogP contribution in [0.15, 0.2) is 48.9 Å². The van der Waals surface area contributed by atoms with Crippen molar-refractivity contribution in [1.82, 2.24) is 19.5 Å². The summed E-state index contributed by atoms with van der Waals surface area (Å²) >= 11 is 0. The third-order valence-electron chi connectivity index (χ3n) is 6.33. The van der Waals surface area contributed by atoms with Crippen molar-refractivity contribution in [2.75, 3.05) is 37.0 Å². The standard InChI is InChI=1S/C26H26FN7O/c1-35-23-6-5-21(27)26-20(23)14-19(16-28)34(26)12-9-29-24-15-22(31-17-32-24)18-7-8-30-25(13-18)33-10-3-2-4-11-33/h5-8,13-15,17H,2-4,9-12H2,1H3,(H,29,31,32). The van der Waals surface area contributed by atoms with Crippen molar-refractivity contribution < 1.29 is 9.13 Å². The molecule has 1 fully saturated rings. The Labute approximate surface area is 203 Å². The van der Waals surface area contributed by atoms with Crippen LogP contribution < -0.4 is 15.0 Å². The van der Waals surface area contributed by atoms with Crippen LogP contribution in [-0.4, -0.2) is 46.3 Å². The normalized spacial score (nSPS) is 13.6. The van der Waals surface area contributed by atoms with E-state index in [9.17, 15) is 9.65 Å². The van der Waals surface area contributed by atoms with Crippen LogP contribution >= 0.6 is 0 Å². The first-order valence-corrected chi connectivity index (χ1v) is 11.7. The summed E-state index contributed by atoms with van der Waals surface area (Å²) in [6.07, 6.45) is 6.99. The predicted octanol–water partition coefficient (Wildman–Crippen LogP) is 4.62. The lowest BCUT2D eigenvalue weighted by atomic mass is 10.1. The van der Waals surface area contributed by atoms with Crippen molar-refractivity contribution in [3.05, 3.63) is 60.4 Å². The molecule has 0 aliphatic carbocycles. The second-order valence-electron chi connectivity index (χ2n) is 8.47. The van der Waals surface area contributed by atoms with E-state index in [1.165, 1.54) is 38.8 Å². The molecule has 5 rings (SSSR count). The summed E-state index contributed by atoms with van der Waals surface area (Å²) in [5.41, 5.74) is 2.50. The van der Waals surface area contributed by atoms with Gasteiger partial charge in [0.2, 0.25) is 0 Å². The van der Waals surface area contributed by atoms with Gasteiger partial charge in [-0.1, -0.05) is 0 Å². The second kappa shape index (κ2) is 9.97. The molecule has 0 saturated carbocycles. The Bertz CT molecular complexity index is 1390. The Kier molecular flexibility index (Phi) is 6.44. The van der Waals surface area contributed by atoms with Gasteiger partial charge in [0.1, 0.15) is 41.3 Å². The van der Waals surface area contributed by atoms with Gasteiger partial charge < -0.3 is 19.5 Å². The summed E-state index contributed by atoms with van der Waals surface area (Å²) in [5, 5.41) is 13.4. The smallest absolute Gasteiger partial charge is 0.147 e. The Balaban J connectivity index is 1.33. The minimum absolute atomic E-state index is 0.355. The van der Waals surface area contributed by atoms with Crippen molar-refractivity contribution in [1.29, 1.82) is 5.26 Å². The highest BCUT2D eigenvalue weighted by molar-refractivity contribution is 5.88. The minimum atomic E-state index is -0.395. The van der Waals surface area contributed by atoms with E-state index in [-0.39, 0.29) is 0 Å². The van der Waals surface area contributed by atoms with E-state index >= 15 is 0 Å². The zero-order valence-electron chi connectivity index (χ0n) is 19.5. The van der Waals surface area contributed by atoms with Crippen molar-refractivity contribution in [2.24, 2.45) is 0 Å². The van der Waals surface area contributed by atoms with E-state index in [2.05, 4.69) is 37.3 Å². The fourth-order valence-corrected chi connectivity index (χ4v) is 4.60. The van der Waals surface area contributed by atoms with Crippen LogP contribution in [0.4, 0.5) is 16.0 Å². The van der Waals surface area contributed by atoms with Crippen molar-refractivity contribution in [3.63, 3.8) is 0 Å². The summed E-state index contributed by atoms with van der Waals surface area (Å²) in [6, 6.07) is 12.6. The molecule has 0 bridgehead atoms. The average Bonchev–Trinajstić information content (AvgIpc) is 3.29. The van der Waals surface area contributed by atoms with E-state index in [1.807, 2.05) is 18.3 Å². The molecule has 9 heteroatoms. The molecule has 0 radical (unpaired) electrons. The van der Waals surface area contributed by atoms with Gasteiger partial charge >= 0.3 is 0 Å². The van der Waals surface area contributed by atoms with Gasteiger partial charge in [-0.05, 0) is 49.6 Å². The molecule has 0 spiro atoms. The van der Waals surface area contributed by atoms with Crippen LogP contribution in [0.2, 0.25) is 0 Å². The number of nitrogens with one attached hydrogen (secondary N) is 1. The Morgan fingerprint density at radius 2 is 1.94 bits per heavy atom. The summed E-state index contributed by atoms with van der Waals surface area (Å²) in [6.45, 7) is 2.88. The molecule has 0 unspecified atom stereocenters. The first-order valence-electron chi connectivity index (χ1n) is 11.7. The first-order chi connectivity index (χ1) is 17.2. The van der Waals surface area contributed by atoms with Crippen LogP contribution in [0.5, 0.6) is 5.75 Å². The lowest BCUT2D eigenvalue weighted by molar-refractivity contribution is 0.419. The number of ether oxygens (including phenoxy) is 1. The van der Waals surface area contributed by atoms with Crippen LogP contribution in [0.3, 0.4) is 0 Å². The lowest BCUT2D eigenvalue weighted by Crippen LogP contribution is -2.30. The highest BCUT2D eigenvalue weighted by Gasteiger charge is 2.16. The SMILES string of the molecule is COc1ccc(F)c2c1cc(C#N)n2CCNc1cc(-c2ccnc(N3CCCCC3)c2)ncn1. The molecule has 1 saturated heterocycles. The number of nitriles is 1. The monoisotopic (exact) mass is 471 g/mol. The number of nitrogens with zero attached hydrogens (tertiary/aromatic N) is 6. The predicted molar refractivity (Wildman–Crippen MR) is 133 cm³/mol. The number of hydrogen-bond acceptors (Lipinski definition) is 7. The number of aromatic nitrogens is 4. The summed E-state index contributed by atoms with van der Waals surface area (Å²) in [4.78, 5) is 15.6. The molecule has 178 valence electrons. The summed E-state index contributed by atoms with van der Waals surface area (Å²) in [5.74, 6) is 1.76. The third kappa shape index (κ3) is 4.60. The summed E-state index contributed by atoms with van der Waals surface area (Å²) < 4.78 is 21.6. The van der Waals surface area contributed by atoms with E-state index in [1.54, 1.807) is 16.7 Å². The maximum absolute atomic E-state index is 14.6. The zero-order chi connectivity index (χ0) is 24.2. The molecule has 0 atom stereocenters. The molecule has 1 aliphatic heterocycles. The number of pyridine rings is 1. The van der Waals surface area contributed by atoms with E-state index in [0.717, 1.165) is 30.2 Å². The second-order valence-corrected chi connectivity index (χ2v) is 8.47. The van der Waals surface area contributed by atoms with Crippen LogP contribution in [-0.2, 0) is 6.54 Å². The van der Waals surface area contributed by atoms with Crippen molar-refractivity contribution in [2.45, 2.75) is 25.8 Å². The number of piperidine rings is 1. The number of hydrogen-bond donors (Lipinski definition) is 1. The van der Waals surface area contributed by atoms with Gasteiger partial charge in [0, 0.05) is 49.4 Å². The molecule has 0 amide bonds. The zero-order valence-corrected chi connectivity index (χ0v) is 19.5. The molecule has 3 aromatic heterocycles. The number of fused-ring (bicyclic) bond motifs is 1. The quantitative estimate of drug-likeness (QED) is 0.421. The molecule has 1 aliphatic rings. The number of anilines is 2. The molecule has 4 heterocycles. The van der Waals surface area contributed by atoms with Crippen LogP contribution in [0.25, 0.3) is 22.2 Å². The van der Waals surface area contributed by atoms with Crippen LogP contribution in [0.1, 0.15) is 25.0 Å². The maximum Gasteiger partial charge on any atom is 0.147 e. The van der Waals surface area contributed by atoms with Gasteiger partial charge in [-0.15, -0.1) is 0 Å². The van der Waals surface area contributed by atoms with E-state index in [0.29, 0.717) is 41.3 Å². The fourth-order valence-electron chi connectivity index (χ4n) is 4.60. The van der Waals surface area contributed by atoms with Crippen molar-refractivity contribution in [3.8, 4) is 23.1 Å². The van der Waals surface area contributed by atoms with Gasteiger partial charge in [-0.3, -0.25) is 0 Å². The Hall–Kier alpha value is -4.19. The van der Waals surface area contributed by atoms with Gasteiger partial charge in [0.05, 0.1) is 18.3 Å². The summed E-state index contributed by atoms with van der Waals surface area (Å²) in [7, 11) is 1.53. The van der Waals surface area contributed by atoms with Crippen molar-refractivity contribution >= 4 is 22.5 Å². The number of halogens is 1. The molecular formula is C26H26FN7O. The van der Waals surface area contributed by atoms with Gasteiger partial charge in [-0.2, -0.15) is 5.26 Å². The maximum atomic E-state index is 14.6. The van der Waals surface area contributed by atoms with E-state index in [4.69, 9.17) is 4.74 Å². The minimum Gasteiger partial charge on any atom is -0.496 e. The van der Waals surface area contributed by atoms with Gasteiger partial charge in [-0.25, -0.2) is 19.3 Å². The molecule has 1 aromatic carbocycles. The third-order valence-corrected chi connectivity index (χ3v) is 6.33. The molecular weight excluding hydrogens is 445 g/mol. The molecule has 4 aromatic rings. The molecule has 35 heavy (non-hydrogen) atoms. The van der Waals surface area contributed by atoms with Crippen LogP contribution in [0, 0.1) is 17.1 Å². The Morgan fingerprint density at radius 1 is 1.09 bits per heavy atom.